The second-order valence-corrected chi connectivity index (χ2v) is 10.0. The highest BCUT2D eigenvalue weighted by Gasteiger charge is 2.20. The van der Waals surface area contributed by atoms with Crippen LogP contribution < -0.4 is 15.4 Å². The van der Waals surface area contributed by atoms with E-state index in [1.165, 1.54) is 12.1 Å². The van der Waals surface area contributed by atoms with E-state index in [0.717, 1.165) is 5.56 Å². The number of carbonyl (C=O) groups excluding carboxylic acids is 2. The second kappa shape index (κ2) is 11.7. The summed E-state index contributed by atoms with van der Waals surface area (Å²) in [6.45, 7) is 9.80. The molecule has 2 rings (SSSR count). The molecule has 0 aliphatic heterocycles. The molecule has 1 unspecified atom stereocenters. The molecule has 0 saturated carbocycles. The Balaban J connectivity index is 2.16. The summed E-state index contributed by atoms with van der Waals surface area (Å²) in [4.78, 5) is 24.7. The minimum Gasteiger partial charge on any atom is -0.450 e. The summed E-state index contributed by atoms with van der Waals surface area (Å²) in [6.07, 6.45) is 0.108. The van der Waals surface area contributed by atoms with E-state index in [2.05, 4.69) is 15.4 Å². The summed E-state index contributed by atoms with van der Waals surface area (Å²) in [7, 11) is -3.88. The number of alkyl carbamates (subject to hydrolysis) is 1. The zero-order valence-corrected chi connectivity index (χ0v) is 20.6. The molecular weight excluding hydrogens is 442 g/mol. The third-order valence-electron chi connectivity index (χ3n) is 4.90. The molecule has 33 heavy (non-hydrogen) atoms. The number of ether oxygens (including phenoxy) is 1. The number of rotatable bonds is 10. The number of benzene rings is 2. The fourth-order valence-corrected chi connectivity index (χ4v) is 4.42. The predicted octanol–water partition coefficient (Wildman–Crippen LogP) is 3.99. The quantitative estimate of drug-likeness (QED) is 0.481. The van der Waals surface area contributed by atoms with Crippen LogP contribution in [0.2, 0.25) is 0 Å². The van der Waals surface area contributed by atoms with E-state index in [1.54, 1.807) is 38.1 Å². The predicted molar refractivity (Wildman–Crippen MR) is 129 cm³/mol. The van der Waals surface area contributed by atoms with Crippen LogP contribution in [0.4, 0.5) is 10.5 Å². The lowest BCUT2D eigenvalue weighted by Crippen LogP contribution is -2.44. The number of nitrogens with one attached hydrogen (secondary N) is 3. The maximum Gasteiger partial charge on any atom is 0.407 e. The Kier molecular flexibility index (Phi) is 9.28. The van der Waals surface area contributed by atoms with Gasteiger partial charge in [-0.3, -0.25) is 9.52 Å². The van der Waals surface area contributed by atoms with Crippen LogP contribution in [-0.4, -0.2) is 39.6 Å². The van der Waals surface area contributed by atoms with Crippen molar-refractivity contribution in [3.8, 4) is 0 Å². The SMILES string of the molecule is CCOC(=O)NC(CNC(=O)c1cc(S(=O)(=O)Nc2cccc(C)c2)ccc1C)CC(C)C. The van der Waals surface area contributed by atoms with Gasteiger partial charge in [-0.05, 0) is 68.5 Å². The molecule has 0 aromatic heterocycles. The molecule has 2 amide bonds. The first-order valence-electron chi connectivity index (χ1n) is 10.9. The molecule has 180 valence electrons. The lowest BCUT2D eigenvalue weighted by atomic mass is 10.0. The van der Waals surface area contributed by atoms with Crippen molar-refractivity contribution in [3.05, 3.63) is 59.2 Å². The largest absolute Gasteiger partial charge is 0.450 e. The van der Waals surface area contributed by atoms with Gasteiger partial charge in [0.1, 0.15) is 0 Å². The molecule has 2 aromatic rings. The van der Waals surface area contributed by atoms with Crippen molar-refractivity contribution in [2.45, 2.75) is 52.0 Å². The molecule has 3 N–H and O–H groups in total. The van der Waals surface area contributed by atoms with Gasteiger partial charge in [0.25, 0.3) is 15.9 Å². The number of carbonyl (C=O) groups is 2. The minimum atomic E-state index is -3.88. The van der Waals surface area contributed by atoms with Crippen LogP contribution in [0.25, 0.3) is 0 Å². The Labute approximate surface area is 196 Å². The molecule has 0 spiro atoms. The van der Waals surface area contributed by atoms with Crippen LogP contribution in [0.3, 0.4) is 0 Å². The lowest BCUT2D eigenvalue weighted by molar-refractivity contribution is 0.0943. The Bertz CT molecular complexity index is 1080. The zero-order valence-electron chi connectivity index (χ0n) is 19.8. The molecule has 1 atom stereocenters. The number of sulfonamides is 1. The van der Waals surface area contributed by atoms with Crippen molar-refractivity contribution in [1.82, 2.24) is 10.6 Å². The van der Waals surface area contributed by atoms with E-state index in [0.29, 0.717) is 17.7 Å². The van der Waals surface area contributed by atoms with Crippen LogP contribution in [0.15, 0.2) is 47.4 Å². The highest BCUT2D eigenvalue weighted by molar-refractivity contribution is 7.92. The minimum absolute atomic E-state index is 0.0110. The van der Waals surface area contributed by atoms with Gasteiger partial charge in [-0.1, -0.05) is 32.0 Å². The topological polar surface area (TPSA) is 114 Å². The van der Waals surface area contributed by atoms with Gasteiger partial charge in [-0.15, -0.1) is 0 Å². The van der Waals surface area contributed by atoms with Crippen molar-refractivity contribution in [2.24, 2.45) is 5.92 Å². The average Bonchev–Trinajstić information content (AvgIpc) is 2.71. The van der Waals surface area contributed by atoms with Gasteiger partial charge in [0.05, 0.1) is 11.5 Å². The van der Waals surface area contributed by atoms with Gasteiger partial charge in [-0.25, -0.2) is 13.2 Å². The highest BCUT2D eigenvalue weighted by Crippen LogP contribution is 2.20. The standard InChI is InChI=1S/C24H33N3O5S/c1-6-32-24(29)26-20(12-16(2)3)15-25-23(28)22-14-21(11-10-18(22)5)33(30,31)27-19-9-7-8-17(4)13-19/h7-11,13-14,16,20,27H,6,12,15H2,1-5H3,(H,25,28)(H,26,29). The summed E-state index contributed by atoms with van der Waals surface area (Å²) < 4.78 is 33.2. The number of aryl methyl sites for hydroxylation is 2. The van der Waals surface area contributed by atoms with Crippen LogP contribution in [0.1, 0.15) is 48.7 Å². The molecule has 0 heterocycles. The summed E-state index contributed by atoms with van der Waals surface area (Å²) in [5.74, 6) is -0.128. The maximum atomic E-state index is 12.9. The smallest absolute Gasteiger partial charge is 0.407 e. The van der Waals surface area contributed by atoms with Crippen LogP contribution in [-0.2, 0) is 14.8 Å². The number of amides is 2. The van der Waals surface area contributed by atoms with Crippen LogP contribution in [0, 0.1) is 19.8 Å². The average molecular weight is 476 g/mol. The molecule has 0 saturated heterocycles. The van der Waals surface area contributed by atoms with Crippen LogP contribution in [0.5, 0.6) is 0 Å². The third kappa shape index (κ3) is 8.09. The fraction of sp³-hybridized carbons (Fsp3) is 0.417. The van der Waals surface area contributed by atoms with Gasteiger partial charge in [0, 0.05) is 23.8 Å². The molecule has 8 nitrogen and oxygen atoms in total. The van der Waals surface area contributed by atoms with Crippen LogP contribution >= 0.6 is 0 Å². The second-order valence-electron chi connectivity index (χ2n) is 8.35. The van der Waals surface area contributed by atoms with Gasteiger partial charge in [0.2, 0.25) is 0 Å². The lowest BCUT2D eigenvalue weighted by Gasteiger charge is -2.21. The summed E-state index contributed by atoms with van der Waals surface area (Å²) in [5, 5.41) is 5.56. The van der Waals surface area contributed by atoms with Crippen molar-refractivity contribution < 1.29 is 22.7 Å². The number of hydrogen-bond acceptors (Lipinski definition) is 5. The number of anilines is 1. The van der Waals surface area contributed by atoms with E-state index < -0.39 is 22.0 Å². The molecule has 0 aliphatic carbocycles. The molecule has 2 aromatic carbocycles. The summed E-state index contributed by atoms with van der Waals surface area (Å²) in [6, 6.07) is 11.1. The van der Waals surface area contributed by atoms with E-state index in [9.17, 15) is 18.0 Å². The molecule has 9 heteroatoms. The summed E-state index contributed by atoms with van der Waals surface area (Å²) >= 11 is 0. The Morgan fingerprint density at radius 3 is 2.42 bits per heavy atom. The van der Waals surface area contributed by atoms with Gasteiger partial charge < -0.3 is 15.4 Å². The van der Waals surface area contributed by atoms with Gasteiger partial charge >= 0.3 is 6.09 Å². The molecule has 0 bridgehead atoms. The molecule has 0 radical (unpaired) electrons. The zero-order chi connectivity index (χ0) is 24.6. The van der Waals surface area contributed by atoms with E-state index >= 15 is 0 Å². The number of hydrogen-bond donors (Lipinski definition) is 3. The van der Waals surface area contributed by atoms with Gasteiger partial charge in [0.15, 0.2) is 0 Å². The summed E-state index contributed by atoms with van der Waals surface area (Å²) in [5.41, 5.74) is 2.26. The fourth-order valence-electron chi connectivity index (χ4n) is 3.35. The first-order chi connectivity index (χ1) is 15.5. The van der Waals surface area contributed by atoms with Crippen molar-refractivity contribution >= 4 is 27.7 Å². The third-order valence-corrected chi connectivity index (χ3v) is 6.28. The highest BCUT2D eigenvalue weighted by atomic mass is 32.2. The molecule has 0 aliphatic rings. The Morgan fingerprint density at radius 2 is 1.79 bits per heavy atom. The van der Waals surface area contributed by atoms with E-state index in [1.807, 2.05) is 26.8 Å². The normalized spacial score (nSPS) is 12.2. The monoisotopic (exact) mass is 475 g/mol. The maximum absolute atomic E-state index is 12.9. The van der Waals surface area contributed by atoms with Crippen molar-refractivity contribution in [1.29, 1.82) is 0 Å². The first kappa shape index (κ1) is 26.2. The van der Waals surface area contributed by atoms with E-state index in [-0.39, 0.29) is 35.6 Å². The van der Waals surface area contributed by atoms with Crippen molar-refractivity contribution in [3.63, 3.8) is 0 Å². The molecular formula is C24H33N3O5S. The van der Waals surface area contributed by atoms with Gasteiger partial charge in [-0.2, -0.15) is 0 Å². The first-order valence-corrected chi connectivity index (χ1v) is 12.4. The Hall–Kier alpha value is -3.07. The van der Waals surface area contributed by atoms with Crippen molar-refractivity contribution in [2.75, 3.05) is 17.9 Å². The molecule has 0 fully saturated rings. The van der Waals surface area contributed by atoms with E-state index in [4.69, 9.17) is 4.74 Å². The Morgan fingerprint density at radius 1 is 1.06 bits per heavy atom.